The molecule has 1 N–H and O–H groups in total. The van der Waals surface area contributed by atoms with Crippen molar-refractivity contribution in [3.8, 4) is 0 Å². The number of halogens is 2. The standard InChI is InChI=1S/C17H17ClFNO/c1-3-16(12-5-4-6-13(18)10-12)20-17(21)14-8-7-11(2)9-15(14)19/h4-10,16H,3H2,1-2H3,(H,20,21). The van der Waals surface area contributed by atoms with Crippen molar-refractivity contribution in [2.24, 2.45) is 0 Å². The fraction of sp³-hybridized carbons (Fsp3) is 0.235. The maximum absolute atomic E-state index is 13.8. The Bertz CT molecular complexity index is 657. The Hall–Kier alpha value is -1.87. The highest BCUT2D eigenvalue weighted by molar-refractivity contribution is 6.30. The van der Waals surface area contributed by atoms with E-state index in [2.05, 4.69) is 5.32 Å². The Kier molecular flexibility index (Phi) is 4.97. The van der Waals surface area contributed by atoms with Gasteiger partial charge in [-0.1, -0.05) is 36.7 Å². The van der Waals surface area contributed by atoms with Crippen molar-refractivity contribution in [1.82, 2.24) is 5.32 Å². The van der Waals surface area contributed by atoms with Gasteiger partial charge in [0.1, 0.15) is 5.82 Å². The first-order valence-electron chi connectivity index (χ1n) is 6.83. The molecule has 0 aliphatic carbocycles. The van der Waals surface area contributed by atoms with Crippen LogP contribution in [0.2, 0.25) is 5.02 Å². The average Bonchev–Trinajstić information content (AvgIpc) is 2.44. The molecule has 0 saturated carbocycles. The minimum atomic E-state index is -0.506. The Morgan fingerprint density at radius 3 is 2.67 bits per heavy atom. The zero-order valence-corrected chi connectivity index (χ0v) is 12.7. The number of hydrogen-bond acceptors (Lipinski definition) is 1. The van der Waals surface area contributed by atoms with Crippen LogP contribution >= 0.6 is 11.6 Å². The van der Waals surface area contributed by atoms with Crippen LogP contribution in [0, 0.1) is 12.7 Å². The minimum Gasteiger partial charge on any atom is -0.345 e. The number of hydrogen-bond donors (Lipinski definition) is 1. The smallest absolute Gasteiger partial charge is 0.254 e. The topological polar surface area (TPSA) is 29.1 Å². The lowest BCUT2D eigenvalue weighted by molar-refractivity contribution is 0.0931. The molecule has 0 aliphatic heterocycles. The van der Waals surface area contributed by atoms with E-state index < -0.39 is 11.7 Å². The summed E-state index contributed by atoms with van der Waals surface area (Å²) in [5, 5.41) is 3.46. The normalized spacial score (nSPS) is 12.0. The maximum atomic E-state index is 13.8. The van der Waals surface area contributed by atoms with Crippen LogP contribution in [-0.2, 0) is 0 Å². The SMILES string of the molecule is CCC(NC(=O)c1ccc(C)cc1F)c1cccc(Cl)c1. The fourth-order valence-corrected chi connectivity index (χ4v) is 2.38. The summed E-state index contributed by atoms with van der Waals surface area (Å²) in [4.78, 5) is 12.2. The third kappa shape index (κ3) is 3.82. The van der Waals surface area contributed by atoms with Crippen LogP contribution in [0.5, 0.6) is 0 Å². The number of carbonyl (C=O) groups excluding carboxylic acids is 1. The van der Waals surface area contributed by atoms with E-state index in [1.807, 2.05) is 25.1 Å². The lowest BCUT2D eigenvalue weighted by atomic mass is 10.0. The monoisotopic (exact) mass is 305 g/mol. The summed E-state index contributed by atoms with van der Waals surface area (Å²) in [6.07, 6.45) is 0.694. The van der Waals surface area contributed by atoms with Crippen molar-refractivity contribution >= 4 is 17.5 Å². The van der Waals surface area contributed by atoms with Gasteiger partial charge in [0.2, 0.25) is 0 Å². The van der Waals surface area contributed by atoms with Gasteiger partial charge in [-0.2, -0.15) is 0 Å². The molecule has 4 heteroatoms. The lowest BCUT2D eigenvalue weighted by Gasteiger charge is -2.18. The van der Waals surface area contributed by atoms with Crippen LogP contribution in [-0.4, -0.2) is 5.91 Å². The largest absolute Gasteiger partial charge is 0.345 e. The highest BCUT2D eigenvalue weighted by atomic mass is 35.5. The second-order valence-corrected chi connectivity index (χ2v) is 5.41. The summed E-state index contributed by atoms with van der Waals surface area (Å²) in [6, 6.07) is 11.7. The second-order valence-electron chi connectivity index (χ2n) is 4.97. The molecule has 2 nitrogen and oxygen atoms in total. The van der Waals surface area contributed by atoms with Gasteiger partial charge >= 0.3 is 0 Å². The number of aryl methyl sites for hydroxylation is 1. The van der Waals surface area contributed by atoms with Crippen LogP contribution in [0.3, 0.4) is 0 Å². The second kappa shape index (κ2) is 6.72. The minimum absolute atomic E-state index is 0.0566. The molecule has 1 atom stereocenters. The van der Waals surface area contributed by atoms with Crippen molar-refractivity contribution in [2.75, 3.05) is 0 Å². The first-order chi connectivity index (χ1) is 10.0. The van der Waals surface area contributed by atoms with E-state index in [1.165, 1.54) is 12.1 Å². The molecule has 0 aliphatic rings. The summed E-state index contributed by atoms with van der Waals surface area (Å²) in [6.45, 7) is 3.74. The van der Waals surface area contributed by atoms with Crippen molar-refractivity contribution in [2.45, 2.75) is 26.3 Å². The molecule has 2 aromatic carbocycles. The molecule has 1 unspecified atom stereocenters. The number of nitrogens with one attached hydrogen (secondary N) is 1. The third-order valence-electron chi connectivity index (χ3n) is 3.33. The van der Waals surface area contributed by atoms with E-state index in [0.29, 0.717) is 11.4 Å². The van der Waals surface area contributed by atoms with Crippen LogP contribution in [0.4, 0.5) is 4.39 Å². The van der Waals surface area contributed by atoms with E-state index in [0.717, 1.165) is 11.1 Å². The number of rotatable bonds is 4. The van der Waals surface area contributed by atoms with E-state index in [9.17, 15) is 9.18 Å². The van der Waals surface area contributed by atoms with Gasteiger partial charge in [-0.05, 0) is 48.7 Å². The highest BCUT2D eigenvalue weighted by Crippen LogP contribution is 2.21. The zero-order valence-electron chi connectivity index (χ0n) is 12.0. The molecular formula is C17H17ClFNO. The summed E-state index contributed by atoms with van der Waals surface area (Å²) < 4.78 is 13.8. The van der Waals surface area contributed by atoms with E-state index in [-0.39, 0.29) is 11.6 Å². The van der Waals surface area contributed by atoms with Gasteiger partial charge in [-0.3, -0.25) is 4.79 Å². The van der Waals surface area contributed by atoms with Gasteiger partial charge in [0.05, 0.1) is 11.6 Å². The Balaban J connectivity index is 2.20. The van der Waals surface area contributed by atoms with Crippen LogP contribution in [0.15, 0.2) is 42.5 Å². The van der Waals surface area contributed by atoms with E-state index >= 15 is 0 Å². The summed E-state index contributed by atoms with van der Waals surface area (Å²) in [5.41, 5.74) is 1.75. The van der Waals surface area contributed by atoms with Gasteiger partial charge < -0.3 is 5.32 Å². The Morgan fingerprint density at radius 1 is 1.29 bits per heavy atom. The fourth-order valence-electron chi connectivity index (χ4n) is 2.18. The van der Waals surface area contributed by atoms with Gasteiger partial charge in [-0.25, -0.2) is 4.39 Å². The number of amides is 1. The maximum Gasteiger partial charge on any atom is 0.254 e. The lowest BCUT2D eigenvalue weighted by Crippen LogP contribution is -2.28. The predicted molar refractivity (Wildman–Crippen MR) is 83.1 cm³/mol. The van der Waals surface area contributed by atoms with Crippen molar-refractivity contribution in [1.29, 1.82) is 0 Å². The first-order valence-corrected chi connectivity index (χ1v) is 7.21. The molecule has 2 rings (SSSR count). The molecule has 2 aromatic rings. The van der Waals surface area contributed by atoms with E-state index in [1.54, 1.807) is 19.1 Å². The summed E-state index contributed by atoms with van der Waals surface area (Å²) in [7, 11) is 0. The third-order valence-corrected chi connectivity index (χ3v) is 3.57. The first kappa shape index (κ1) is 15.5. The molecule has 0 saturated heterocycles. The Morgan fingerprint density at radius 2 is 2.05 bits per heavy atom. The number of carbonyl (C=O) groups is 1. The molecule has 0 spiro atoms. The molecule has 0 fully saturated rings. The quantitative estimate of drug-likeness (QED) is 0.874. The van der Waals surface area contributed by atoms with Gasteiger partial charge in [-0.15, -0.1) is 0 Å². The summed E-state index contributed by atoms with van der Waals surface area (Å²) in [5.74, 6) is -0.923. The molecule has 1 amide bonds. The molecule has 21 heavy (non-hydrogen) atoms. The molecule has 110 valence electrons. The zero-order chi connectivity index (χ0) is 15.4. The molecule has 0 aromatic heterocycles. The molecule has 0 heterocycles. The van der Waals surface area contributed by atoms with Crippen LogP contribution in [0.1, 0.15) is 40.9 Å². The molecule has 0 bridgehead atoms. The highest BCUT2D eigenvalue weighted by Gasteiger charge is 2.17. The predicted octanol–water partition coefficient (Wildman–Crippen LogP) is 4.67. The summed E-state index contributed by atoms with van der Waals surface area (Å²) >= 11 is 5.97. The Labute approximate surface area is 128 Å². The van der Waals surface area contributed by atoms with Gasteiger partial charge in [0.15, 0.2) is 0 Å². The van der Waals surface area contributed by atoms with Gasteiger partial charge in [0, 0.05) is 5.02 Å². The van der Waals surface area contributed by atoms with E-state index in [4.69, 9.17) is 11.6 Å². The van der Waals surface area contributed by atoms with Crippen LogP contribution in [0.25, 0.3) is 0 Å². The van der Waals surface area contributed by atoms with Crippen molar-refractivity contribution < 1.29 is 9.18 Å². The van der Waals surface area contributed by atoms with Crippen molar-refractivity contribution in [3.63, 3.8) is 0 Å². The number of benzene rings is 2. The van der Waals surface area contributed by atoms with Gasteiger partial charge in [0.25, 0.3) is 5.91 Å². The molecular weight excluding hydrogens is 289 g/mol. The average molecular weight is 306 g/mol. The van der Waals surface area contributed by atoms with Crippen LogP contribution < -0.4 is 5.32 Å². The van der Waals surface area contributed by atoms with Crippen molar-refractivity contribution in [3.05, 3.63) is 70.0 Å². The molecule has 0 radical (unpaired) electrons.